The molecule has 0 amide bonds. The summed E-state index contributed by atoms with van der Waals surface area (Å²) in [4.78, 5) is 11.2. The number of ether oxygens (including phenoxy) is 2. The molecule has 30 heavy (non-hydrogen) atoms. The summed E-state index contributed by atoms with van der Waals surface area (Å²) in [6.45, 7) is 6.53. The molecule has 0 saturated carbocycles. The minimum Gasteiger partial charge on any atom is -0.493 e. The maximum Gasteiger partial charge on any atom is 0.315 e. The van der Waals surface area contributed by atoms with Crippen LogP contribution in [-0.4, -0.2) is 46.0 Å². The van der Waals surface area contributed by atoms with E-state index in [1.54, 1.807) is 10.7 Å². The Bertz CT molecular complexity index is 882. The van der Waals surface area contributed by atoms with Gasteiger partial charge in [-0.2, -0.15) is 9.78 Å². The largest absolute Gasteiger partial charge is 0.493 e. The molecule has 0 spiro atoms. The molecule has 0 atom stereocenters. The van der Waals surface area contributed by atoms with Crippen molar-refractivity contribution >= 4 is 23.7 Å². The minimum absolute atomic E-state index is 0.128. The number of thioether (sulfide) groups is 1. The zero-order valence-electron chi connectivity index (χ0n) is 18.1. The highest BCUT2D eigenvalue weighted by molar-refractivity contribution is 7.98. The SMILES string of the molecule is CCCCCCOc1c(OC)cc(/C=N\n2c(SC)nnc2C(C)C)cc1[N+](=O)[O-]. The van der Waals surface area contributed by atoms with Gasteiger partial charge in [-0.3, -0.25) is 10.1 Å². The molecule has 0 saturated heterocycles. The van der Waals surface area contributed by atoms with E-state index in [4.69, 9.17) is 9.47 Å². The number of hydrogen-bond donors (Lipinski definition) is 0. The number of aromatic nitrogens is 3. The van der Waals surface area contributed by atoms with Crippen molar-refractivity contribution in [1.82, 2.24) is 14.9 Å². The third kappa shape index (κ3) is 5.94. The molecule has 164 valence electrons. The van der Waals surface area contributed by atoms with Crippen LogP contribution in [0.5, 0.6) is 11.5 Å². The second kappa shape index (κ2) is 11.5. The molecule has 0 aliphatic rings. The van der Waals surface area contributed by atoms with Crippen LogP contribution in [0.4, 0.5) is 5.69 Å². The Hall–Kier alpha value is -2.62. The third-order valence-electron chi connectivity index (χ3n) is 4.38. The zero-order chi connectivity index (χ0) is 22.1. The number of hydrogen-bond acceptors (Lipinski definition) is 8. The van der Waals surface area contributed by atoms with Crippen LogP contribution in [0.15, 0.2) is 22.4 Å². The first-order valence-electron chi connectivity index (χ1n) is 9.95. The number of benzene rings is 1. The highest BCUT2D eigenvalue weighted by Crippen LogP contribution is 2.38. The summed E-state index contributed by atoms with van der Waals surface area (Å²) in [6, 6.07) is 3.11. The molecule has 2 aromatic rings. The van der Waals surface area contributed by atoms with Crippen molar-refractivity contribution in [2.75, 3.05) is 20.0 Å². The van der Waals surface area contributed by atoms with Crippen LogP contribution in [0.1, 0.15) is 63.8 Å². The van der Waals surface area contributed by atoms with Gasteiger partial charge in [0.05, 0.1) is 24.9 Å². The fourth-order valence-corrected chi connectivity index (χ4v) is 3.25. The number of nitro groups is 1. The van der Waals surface area contributed by atoms with Gasteiger partial charge in [0, 0.05) is 17.5 Å². The summed E-state index contributed by atoms with van der Waals surface area (Å²) in [6.07, 6.45) is 7.50. The number of rotatable bonds is 12. The lowest BCUT2D eigenvalue weighted by atomic mass is 10.1. The van der Waals surface area contributed by atoms with Gasteiger partial charge in [0.25, 0.3) is 0 Å². The van der Waals surface area contributed by atoms with E-state index < -0.39 is 4.92 Å². The van der Waals surface area contributed by atoms with Gasteiger partial charge in [-0.05, 0) is 18.7 Å². The van der Waals surface area contributed by atoms with Gasteiger partial charge >= 0.3 is 5.69 Å². The fourth-order valence-electron chi connectivity index (χ4n) is 2.82. The molecular formula is C20H29N5O4S. The van der Waals surface area contributed by atoms with E-state index in [-0.39, 0.29) is 17.4 Å². The van der Waals surface area contributed by atoms with Crippen LogP contribution >= 0.6 is 11.8 Å². The molecule has 0 bridgehead atoms. The number of nitrogens with zero attached hydrogens (tertiary/aromatic N) is 5. The van der Waals surface area contributed by atoms with Crippen molar-refractivity contribution in [1.29, 1.82) is 0 Å². The maximum absolute atomic E-state index is 11.7. The Morgan fingerprint density at radius 3 is 2.67 bits per heavy atom. The van der Waals surface area contributed by atoms with Crippen LogP contribution in [0.3, 0.4) is 0 Å². The smallest absolute Gasteiger partial charge is 0.315 e. The van der Waals surface area contributed by atoms with Gasteiger partial charge in [0.1, 0.15) is 0 Å². The quantitative estimate of drug-likeness (QED) is 0.154. The van der Waals surface area contributed by atoms with Crippen molar-refractivity contribution in [2.45, 2.75) is 57.5 Å². The number of unbranched alkanes of at least 4 members (excludes halogenated alkanes) is 3. The van der Waals surface area contributed by atoms with E-state index in [2.05, 4.69) is 22.2 Å². The highest BCUT2D eigenvalue weighted by Gasteiger charge is 2.22. The third-order valence-corrected chi connectivity index (χ3v) is 5.00. The van der Waals surface area contributed by atoms with Gasteiger partial charge in [0.2, 0.25) is 10.9 Å². The predicted octanol–water partition coefficient (Wildman–Crippen LogP) is 4.88. The average molecular weight is 436 g/mol. The fraction of sp³-hybridized carbons (Fsp3) is 0.550. The van der Waals surface area contributed by atoms with Gasteiger partial charge in [0.15, 0.2) is 11.6 Å². The summed E-state index contributed by atoms with van der Waals surface area (Å²) in [5.74, 6) is 1.29. The standard InChI is InChI=1S/C20H29N5O4S/c1-6-7-8-9-10-29-18-16(25(26)27)11-15(12-17(18)28-4)13-21-24-19(14(2)3)22-23-20(24)30-5/h11-14H,6-10H2,1-5H3/b21-13-. The summed E-state index contributed by atoms with van der Waals surface area (Å²) in [5.41, 5.74) is 0.372. The summed E-state index contributed by atoms with van der Waals surface area (Å²) >= 11 is 1.42. The summed E-state index contributed by atoms with van der Waals surface area (Å²) in [5, 5.41) is 25.0. The molecule has 1 aromatic heterocycles. The van der Waals surface area contributed by atoms with Gasteiger partial charge < -0.3 is 9.47 Å². The van der Waals surface area contributed by atoms with Crippen LogP contribution in [-0.2, 0) is 0 Å². The van der Waals surface area contributed by atoms with Crippen LogP contribution < -0.4 is 9.47 Å². The Morgan fingerprint density at radius 2 is 2.07 bits per heavy atom. The summed E-state index contributed by atoms with van der Waals surface area (Å²) in [7, 11) is 1.46. The van der Waals surface area contributed by atoms with E-state index in [0.717, 1.165) is 25.7 Å². The molecule has 1 aromatic carbocycles. The van der Waals surface area contributed by atoms with E-state index in [1.807, 2.05) is 20.1 Å². The first kappa shape index (κ1) is 23.7. The van der Waals surface area contributed by atoms with Crippen LogP contribution in [0.25, 0.3) is 0 Å². The second-order valence-corrected chi connectivity index (χ2v) is 7.77. The zero-order valence-corrected chi connectivity index (χ0v) is 18.9. The normalized spacial score (nSPS) is 11.4. The van der Waals surface area contributed by atoms with Crippen LogP contribution in [0.2, 0.25) is 0 Å². The number of nitro benzene ring substituents is 1. The van der Waals surface area contributed by atoms with Crippen molar-refractivity contribution in [3.05, 3.63) is 33.6 Å². The molecule has 0 radical (unpaired) electrons. The van der Waals surface area contributed by atoms with Gasteiger partial charge in [-0.25, -0.2) is 0 Å². The molecule has 2 rings (SSSR count). The first-order valence-corrected chi connectivity index (χ1v) is 11.2. The molecule has 0 fully saturated rings. The van der Waals surface area contributed by atoms with Crippen molar-refractivity contribution < 1.29 is 14.4 Å². The van der Waals surface area contributed by atoms with E-state index in [1.165, 1.54) is 31.2 Å². The lowest BCUT2D eigenvalue weighted by Crippen LogP contribution is -2.05. The second-order valence-electron chi connectivity index (χ2n) is 6.99. The molecule has 9 nitrogen and oxygen atoms in total. The maximum atomic E-state index is 11.7. The van der Waals surface area contributed by atoms with Gasteiger partial charge in [-0.1, -0.05) is 51.8 Å². The van der Waals surface area contributed by atoms with Crippen molar-refractivity contribution in [3.63, 3.8) is 0 Å². The molecule has 0 N–H and O–H groups in total. The average Bonchev–Trinajstić information content (AvgIpc) is 3.15. The minimum atomic E-state index is -0.465. The topological polar surface area (TPSA) is 105 Å². The van der Waals surface area contributed by atoms with E-state index >= 15 is 0 Å². The molecular weight excluding hydrogens is 406 g/mol. The van der Waals surface area contributed by atoms with Crippen molar-refractivity contribution in [2.24, 2.45) is 5.10 Å². The molecule has 1 heterocycles. The predicted molar refractivity (Wildman–Crippen MR) is 118 cm³/mol. The molecule has 10 heteroatoms. The Kier molecular flexibility index (Phi) is 9.10. The molecule has 0 aliphatic carbocycles. The monoisotopic (exact) mass is 435 g/mol. The highest BCUT2D eigenvalue weighted by atomic mass is 32.2. The van der Waals surface area contributed by atoms with Gasteiger partial charge in [-0.15, -0.1) is 10.2 Å². The lowest BCUT2D eigenvalue weighted by molar-refractivity contribution is -0.386. The Morgan fingerprint density at radius 1 is 1.30 bits per heavy atom. The molecule has 0 unspecified atom stereocenters. The Balaban J connectivity index is 2.34. The first-order chi connectivity index (χ1) is 14.4. The number of methoxy groups -OCH3 is 1. The van der Waals surface area contributed by atoms with Crippen molar-refractivity contribution in [3.8, 4) is 11.5 Å². The summed E-state index contributed by atoms with van der Waals surface area (Å²) < 4.78 is 12.7. The van der Waals surface area contributed by atoms with E-state index in [9.17, 15) is 10.1 Å². The van der Waals surface area contributed by atoms with E-state index in [0.29, 0.717) is 28.9 Å². The lowest BCUT2D eigenvalue weighted by Gasteiger charge is -2.12. The van der Waals surface area contributed by atoms with Crippen LogP contribution in [0, 0.1) is 10.1 Å². The molecule has 0 aliphatic heterocycles. The Labute approximate surface area is 181 Å².